The third kappa shape index (κ3) is 3.33. The van der Waals surface area contributed by atoms with Gasteiger partial charge in [-0.1, -0.05) is 12.1 Å². The van der Waals surface area contributed by atoms with E-state index in [2.05, 4.69) is 37.2 Å². The van der Waals surface area contributed by atoms with E-state index in [0.29, 0.717) is 12.2 Å². The fourth-order valence-corrected chi connectivity index (χ4v) is 2.28. The Morgan fingerprint density at radius 2 is 1.83 bits per heavy atom. The summed E-state index contributed by atoms with van der Waals surface area (Å²) in [5, 5.41) is 3.09. The van der Waals surface area contributed by atoms with E-state index in [1.54, 1.807) is 6.07 Å². The van der Waals surface area contributed by atoms with Crippen LogP contribution in [0.25, 0.3) is 0 Å². The van der Waals surface area contributed by atoms with Gasteiger partial charge in [0.25, 0.3) is 0 Å². The van der Waals surface area contributed by atoms with Crippen LogP contribution in [0, 0.1) is 12.7 Å². The van der Waals surface area contributed by atoms with Crippen LogP contribution in [0.5, 0.6) is 0 Å². The Morgan fingerprint density at radius 1 is 1.06 bits per heavy atom. The fourth-order valence-electron chi connectivity index (χ4n) is 1.61. The molecule has 0 heterocycles. The number of rotatable bonds is 3. The molecule has 0 atom stereocenters. The Bertz CT molecular complexity index is 570. The number of benzene rings is 2. The molecule has 0 aliphatic rings. The standard InChI is InChI=1S/C14H12Br2FN/c1-9-2-5-14(13(17)6-9)18-8-10-3-4-11(15)12(16)7-10/h2-7,18H,8H2,1H3. The minimum absolute atomic E-state index is 0.217. The lowest BCUT2D eigenvalue weighted by atomic mass is 10.2. The van der Waals surface area contributed by atoms with Gasteiger partial charge in [-0.3, -0.25) is 0 Å². The first-order valence-electron chi connectivity index (χ1n) is 5.50. The van der Waals surface area contributed by atoms with Gasteiger partial charge in [-0.2, -0.15) is 0 Å². The van der Waals surface area contributed by atoms with Crippen molar-refractivity contribution in [3.05, 3.63) is 62.3 Å². The summed E-state index contributed by atoms with van der Waals surface area (Å²) in [5.41, 5.74) is 2.54. The predicted molar refractivity (Wildman–Crippen MR) is 80.3 cm³/mol. The van der Waals surface area contributed by atoms with Crippen molar-refractivity contribution in [3.8, 4) is 0 Å². The molecule has 1 nitrogen and oxygen atoms in total. The van der Waals surface area contributed by atoms with Crippen LogP contribution in [0.2, 0.25) is 0 Å². The van der Waals surface area contributed by atoms with Crippen LogP contribution >= 0.6 is 31.9 Å². The van der Waals surface area contributed by atoms with Gasteiger partial charge < -0.3 is 5.32 Å². The minimum atomic E-state index is -0.217. The summed E-state index contributed by atoms with van der Waals surface area (Å²) in [6, 6.07) is 11.1. The molecule has 0 aliphatic heterocycles. The van der Waals surface area contributed by atoms with Crippen molar-refractivity contribution < 1.29 is 4.39 Å². The highest BCUT2D eigenvalue weighted by molar-refractivity contribution is 9.13. The summed E-state index contributed by atoms with van der Waals surface area (Å²) in [6.45, 7) is 2.46. The zero-order valence-corrected chi connectivity index (χ0v) is 13.0. The quantitative estimate of drug-likeness (QED) is 0.773. The van der Waals surface area contributed by atoms with E-state index < -0.39 is 0 Å². The van der Waals surface area contributed by atoms with Crippen LogP contribution in [-0.4, -0.2) is 0 Å². The second-order valence-corrected chi connectivity index (χ2v) is 5.79. The first-order chi connectivity index (χ1) is 8.56. The van der Waals surface area contributed by atoms with Crippen LogP contribution in [-0.2, 0) is 6.54 Å². The highest BCUT2D eigenvalue weighted by Gasteiger charge is 2.03. The first kappa shape index (κ1) is 13.6. The van der Waals surface area contributed by atoms with Crippen molar-refractivity contribution in [2.24, 2.45) is 0 Å². The molecule has 0 amide bonds. The van der Waals surface area contributed by atoms with E-state index in [1.807, 2.05) is 31.2 Å². The molecule has 0 radical (unpaired) electrons. The third-order valence-corrected chi connectivity index (χ3v) is 4.47. The molecule has 1 N–H and O–H groups in total. The Hall–Kier alpha value is -0.870. The molecule has 0 saturated heterocycles. The van der Waals surface area contributed by atoms with Crippen LogP contribution in [0.1, 0.15) is 11.1 Å². The molecular weight excluding hydrogens is 361 g/mol. The zero-order chi connectivity index (χ0) is 13.1. The second-order valence-electron chi connectivity index (χ2n) is 4.09. The molecule has 0 aliphatic carbocycles. The molecule has 2 aromatic carbocycles. The lowest BCUT2D eigenvalue weighted by Crippen LogP contribution is -2.01. The fraction of sp³-hybridized carbons (Fsp3) is 0.143. The maximum atomic E-state index is 13.6. The van der Waals surface area contributed by atoms with Gasteiger partial charge in [0, 0.05) is 15.5 Å². The van der Waals surface area contributed by atoms with Gasteiger partial charge in [-0.25, -0.2) is 4.39 Å². The Kier molecular flexibility index (Phi) is 4.40. The number of hydrogen-bond acceptors (Lipinski definition) is 1. The number of nitrogens with one attached hydrogen (secondary N) is 1. The summed E-state index contributed by atoms with van der Waals surface area (Å²) >= 11 is 6.87. The molecule has 0 spiro atoms. The van der Waals surface area contributed by atoms with Gasteiger partial charge in [-0.15, -0.1) is 0 Å². The lowest BCUT2D eigenvalue weighted by molar-refractivity contribution is 0.629. The molecule has 0 fully saturated rings. The van der Waals surface area contributed by atoms with Crippen molar-refractivity contribution in [1.82, 2.24) is 0 Å². The van der Waals surface area contributed by atoms with E-state index in [9.17, 15) is 4.39 Å². The highest BCUT2D eigenvalue weighted by atomic mass is 79.9. The van der Waals surface area contributed by atoms with Crippen molar-refractivity contribution in [2.45, 2.75) is 13.5 Å². The molecule has 4 heteroatoms. The summed E-state index contributed by atoms with van der Waals surface area (Å²) < 4.78 is 15.6. The largest absolute Gasteiger partial charge is 0.379 e. The van der Waals surface area contributed by atoms with Gasteiger partial charge in [0.05, 0.1) is 5.69 Å². The molecular formula is C14H12Br2FN. The van der Waals surface area contributed by atoms with Crippen LogP contribution in [0.4, 0.5) is 10.1 Å². The van der Waals surface area contributed by atoms with Gasteiger partial charge >= 0.3 is 0 Å². The van der Waals surface area contributed by atoms with Gasteiger partial charge in [0.1, 0.15) is 5.82 Å². The highest BCUT2D eigenvalue weighted by Crippen LogP contribution is 2.24. The van der Waals surface area contributed by atoms with Crippen molar-refractivity contribution in [3.63, 3.8) is 0 Å². The normalized spacial score (nSPS) is 10.4. The van der Waals surface area contributed by atoms with E-state index in [1.165, 1.54) is 6.07 Å². The molecule has 2 aromatic rings. The van der Waals surface area contributed by atoms with E-state index in [0.717, 1.165) is 20.1 Å². The molecule has 18 heavy (non-hydrogen) atoms. The predicted octanol–water partition coefficient (Wildman–Crippen LogP) is 5.27. The second kappa shape index (κ2) is 5.85. The minimum Gasteiger partial charge on any atom is -0.379 e. The SMILES string of the molecule is Cc1ccc(NCc2ccc(Br)c(Br)c2)c(F)c1. The lowest BCUT2D eigenvalue weighted by Gasteiger charge is -2.09. The van der Waals surface area contributed by atoms with E-state index in [4.69, 9.17) is 0 Å². The molecule has 0 aromatic heterocycles. The topological polar surface area (TPSA) is 12.0 Å². The third-order valence-electron chi connectivity index (χ3n) is 2.59. The number of halogens is 3. The average Bonchev–Trinajstić information content (AvgIpc) is 2.32. The monoisotopic (exact) mass is 371 g/mol. The van der Waals surface area contributed by atoms with Crippen molar-refractivity contribution in [2.75, 3.05) is 5.32 Å². The van der Waals surface area contributed by atoms with Crippen LogP contribution < -0.4 is 5.32 Å². The number of aryl methyl sites for hydroxylation is 1. The molecule has 0 bridgehead atoms. The molecule has 0 saturated carbocycles. The number of anilines is 1. The average molecular weight is 373 g/mol. The van der Waals surface area contributed by atoms with Crippen molar-refractivity contribution in [1.29, 1.82) is 0 Å². The Morgan fingerprint density at radius 3 is 2.50 bits per heavy atom. The van der Waals surface area contributed by atoms with Crippen LogP contribution in [0.15, 0.2) is 45.3 Å². The maximum Gasteiger partial charge on any atom is 0.146 e. The molecule has 94 valence electrons. The van der Waals surface area contributed by atoms with Gasteiger partial charge in [-0.05, 0) is 74.2 Å². The summed E-state index contributed by atoms with van der Waals surface area (Å²) in [4.78, 5) is 0. The van der Waals surface area contributed by atoms with Gasteiger partial charge in [0.15, 0.2) is 0 Å². The van der Waals surface area contributed by atoms with Crippen molar-refractivity contribution >= 4 is 37.5 Å². The van der Waals surface area contributed by atoms with E-state index >= 15 is 0 Å². The summed E-state index contributed by atoms with van der Waals surface area (Å²) in [5.74, 6) is -0.217. The first-order valence-corrected chi connectivity index (χ1v) is 7.09. The summed E-state index contributed by atoms with van der Waals surface area (Å²) in [6.07, 6.45) is 0. The van der Waals surface area contributed by atoms with Gasteiger partial charge in [0.2, 0.25) is 0 Å². The molecule has 2 rings (SSSR count). The summed E-state index contributed by atoms with van der Waals surface area (Å²) in [7, 11) is 0. The zero-order valence-electron chi connectivity index (χ0n) is 9.81. The van der Waals surface area contributed by atoms with Crippen LogP contribution in [0.3, 0.4) is 0 Å². The smallest absolute Gasteiger partial charge is 0.146 e. The molecule has 0 unspecified atom stereocenters. The van der Waals surface area contributed by atoms with E-state index in [-0.39, 0.29) is 5.82 Å². The Balaban J connectivity index is 2.09. The maximum absolute atomic E-state index is 13.6. The Labute approximate surface area is 123 Å². The number of hydrogen-bond donors (Lipinski definition) is 1.